The minimum absolute atomic E-state index is 0.195. The zero-order valence-corrected chi connectivity index (χ0v) is 11.7. The predicted octanol–water partition coefficient (Wildman–Crippen LogP) is 4.20. The van der Waals surface area contributed by atoms with Crippen LogP contribution in [0.25, 0.3) is 0 Å². The molecule has 1 N–H and O–H groups in total. The highest BCUT2D eigenvalue weighted by Crippen LogP contribution is 2.20. The van der Waals surface area contributed by atoms with Gasteiger partial charge in [-0.25, -0.2) is 0 Å². The fraction of sp³-hybridized carbons (Fsp3) is 0. The van der Waals surface area contributed by atoms with Gasteiger partial charge in [0.1, 0.15) is 0 Å². The van der Waals surface area contributed by atoms with Gasteiger partial charge >= 0.3 is 0 Å². The third-order valence-corrected chi connectivity index (χ3v) is 3.51. The summed E-state index contributed by atoms with van der Waals surface area (Å²) in [5, 5.41) is 3.29. The third-order valence-electron chi connectivity index (χ3n) is 2.24. The first kappa shape index (κ1) is 12.4. The van der Waals surface area contributed by atoms with E-state index in [1.807, 2.05) is 24.3 Å². The fourth-order valence-electron chi connectivity index (χ4n) is 1.40. The molecule has 0 aliphatic heterocycles. The van der Waals surface area contributed by atoms with Crippen LogP contribution in [0.15, 0.2) is 48.5 Å². The molecule has 0 aromatic heterocycles. The fourth-order valence-corrected chi connectivity index (χ4v) is 2.14. The molecule has 2 nitrogen and oxygen atoms in total. The van der Waals surface area contributed by atoms with E-state index in [1.165, 1.54) is 0 Å². The van der Waals surface area contributed by atoms with Gasteiger partial charge in [0.15, 0.2) is 0 Å². The summed E-state index contributed by atoms with van der Waals surface area (Å²) in [6.45, 7) is 0. The Hall–Kier alpha value is -1.07. The molecule has 17 heavy (non-hydrogen) atoms. The maximum atomic E-state index is 12.0. The molecule has 4 heteroatoms. The van der Waals surface area contributed by atoms with Gasteiger partial charge in [0.25, 0.3) is 5.91 Å². The highest BCUT2D eigenvalue weighted by Gasteiger charge is 2.10. The SMILES string of the molecule is O=C(Nc1ccccc1I)c1ccccc1Cl. The van der Waals surface area contributed by atoms with Crippen LogP contribution >= 0.6 is 34.2 Å². The Balaban J connectivity index is 2.24. The van der Waals surface area contributed by atoms with E-state index in [4.69, 9.17) is 11.6 Å². The molecule has 2 aromatic carbocycles. The summed E-state index contributed by atoms with van der Waals surface area (Å²) in [7, 11) is 0. The van der Waals surface area contributed by atoms with Gasteiger partial charge in [-0.1, -0.05) is 35.9 Å². The van der Waals surface area contributed by atoms with Crippen molar-refractivity contribution in [1.82, 2.24) is 0 Å². The lowest BCUT2D eigenvalue weighted by atomic mass is 10.2. The molecule has 0 unspecified atom stereocenters. The number of halogens is 2. The quantitative estimate of drug-likeness (QED) is 0.802. The van der Waals surface area contributed by atoms with Crippen molar-refractivity contribution in [3.05, 3.63) is 62.7 Å². The Morgan fingerprint density at radius 1 is 1.06 bits per heavy atom. The van der Waals surface area contributed by atoms with E-state index in [1.54, 1.807) is 24.3 Å². The number of rotatable bonds is 2. The van der Waals surface area contributed by atoms with E-state index in [2.05, 4.69) is 27.9 Å². The lowest BCUT2D eigenvalue weighted by Crippen LogP contribution is -2.13. The molecule has 0 saturated heterocycles. The summed E-state index contributed by atoms with van der Waals surface area (Å²) >= 11 is 8.14. The largest absolute Gasteiger partial charge is 0.321 e. The van der Waals surface area contributed by atoms with Crippen LogP contribution in [0.5, 0.6) is 0 Å². The second-order valence-electron chi connectivity index (χ2n) is 3.41. The van der Waals surface area contributed by atoms with Gasteiger partial charge in [0.05, 0.1) is 16.3 Å². The van der Waals surface area contributed by atoms with Crippen LogP contribution in [-0.2, 0) is 0 Å². The molecule has 0 spiro atoms. The van der Waals surface area contributed by atoms with Crippen molar-refractivity contribution >= 4 is 45.8 Å². The summed E-state index contributed by atoms with van der Waals surface area (Å²) in [5.41, 5.74) is 1.27. The summed E-state index contributed by atoms with van der Waals surface area (Å²) in [6.07, 6.45) is 0. The molecule has 0 bridgehead atoms. The highest BCUT2D eigenvalue weighted by atomic mass is 127. The maximum absolute atomic E-state index is 12.0. The minimum atomic E-state index is -0.195. The highest BCUT2D eigenvalue weighted by molar-refractivity contribution is 14.1. The number of amides is 1. The van der Waals surface area contributed by atoms with E-state index in [-0.39, 0.29) is 5.91 Å². The van der Waals surface area contributed by atoms with Crippen molar-refractivity contribution in [2.75, 3.05) is 5.32 Å². The van der Waals surface area contributed by atoms with Crippen molar-refractivity contribution in [1.29, 1.82) is 0 Å². The van der Waals surface area contributed by atoms with Crippen molar-refractivity contribution in [2.24, 2.45) is 0 Å². The number of benzene rings is 2. The second-order valence-corrected chi connectivity index (χ2v) is 4.98. The van der Waals surface area contributed by atoms with Crippen molar-refractivity contribution < 1.29 is 4.79 Å². The lowest BCUT2D eigenvalue weighted by molar-refractivity contribution is 0.102. The normalized spacial score (nSPS) is 10.0. The van der Waals surface area contributed by atoms with Crippen LogP contribution in [-0.4, -0.2) is 5.91 Å². The van der Waals surface area contributed by atoms with Crippen molar-refractivity contribution in [2.45, 2.75) is 0 Å². The number of carbonyl (C=O) groups excluding carboxylic acids is 1. The zero-order chi connectivity index (χ0) is 12.3. The lowest BCUT2D eigenvalue weighted by Gasteiger charge is -2.08. The molecule has 0 fully saturated rings. The zero-order valence-electron chi connectivity index (χ0n) is 8.78. The van der Waals surface area contributed by atoms with Gasteiger partial charge in [-0.15, -0.1) is 0 Å². The minimum Gasteiger partial charge on any atom is -0.321 e. The average molecular weight is 358 g/mol. The molecule has 86 valence electrons. The Labute approximate surface area is 118 Å². The molecular weight excluding hydrogens is 349 g/mol. The third kappa shape index (κ3) is 2.98. The van der Waals surface area contributed by atoms with Crippen LogP contribution in [0.2, 0.25) is 5.02 Å². The molecule has 0 radical (unpaired) electrons. The number of nitrogens with one attached hydrogen (secondary N) is 1. The van der Waals surface area contributed by atoms with E-state index in [0.717, 1.165) is 9.26 Å². The number of hydrogen-bond acceptors (Lipinski definition) is 1. The molecule has 0 aliphatic carbocycles. The Kier molecular flexibility index (Phi) is 4.02. The van der Waals surface area contributed by atoms with E-state index < -0.39 is 0 Å². The topological polar surface area (TPSA) is 29.1 Å². The second kappa shape index (κ2) is 5.51. The van der Waals surface area contributed by atoms with Crippen LogP contribution in [0.3, 0.4) is 0 Å². The summed E-state index contributed by atoms with van der Waals surface area (Å²) < 4.78 is 0.991. The molecule has 2 rings (SSSR count). The molecular formula is C13H9ClINO. The van der Waals surface area contributed by atoms with Gasteiger partial charge < -0.3 is 5.32 Å². The number of anilines is 1. The smallest absolute Gasteiger partial charge is 0.257 e. The van der Waals surface area contributed by atoms with Gasteiger partial charge in [-0.2, -0.15) is 0 Å². The maximum Gasteiger partial charge on any atom is 0.257 e. The summed E-state index contributed by atoms with van der Waals surface area (Å²) in [4.78, 5) is 12.0. The first-order valence-electron chi connectivity index (χ1n) is 4.99. The molecule has 0 heterocycles. The van der Waals surface area contributed by atoms with Gasteiger partial charge in [0.2, 0.25) is 0 Å². The predicted molar refractivity (Wildman–Crippen MR) is 78.6 cm³/mol. The molecule has 0 aliphatic rings. The van der Waals surface area contributed by atoms with E-state index in [0.29, 0.717) is 10.6 Å². The van der Waals surface area contributed by atoms with Crippen LogP contribution in [0.1, 0.15) is 10.4 Å². The van der Waals surface area contributed by atoms with Crippen LogP contribution in [0, 0.1) is 3.57 Å². The van der Waals surface area contributed by atoms with E-state index in [9.17, 15) is 4.79 Å². The van der Waals surface area contributed by atoms with Crippen LogP contribution in [0.4, 0.5) is 5.69 Å². The Bertz CT molecular complexity index is 557. The van der Waals surface area contributed by atoms with Crippen molar-refractivity contribution in [3.8, 4) is 0 Å². The monoisotopic (exact) mass is 357 g/mol. The number of para-hydroxylation sites is 1. The summed E-state index contributed by atoms with van der Waals surface area (Å²) in [5.74, 6) is -0.195. The molecule has 2 aromatic rings. The first-order valence-corrected chi connectivity index (χ1v) is 6.44. The standard InChI is InChI=1S/C13H9ClINO/c14-10-6-2-1-5-9(10)13(17)16-12-8-4-3-7-11(12)15/h1-8H,(H,16,17). The van der Waals surface area contributed by atoms with Gasteiger partial charge in [-0.05, 0) is 46.9 Å². The molecule has 1 amide bonds. The van der Waals surface area contributed by atoms with Crippen molar-refractivity contribution in [3.63, 3.8) is 0 Å². The number of hydrogen-bond donors (Lipinski definition) is 1. The molecule has 0 atom stereocenters. The average Bonchev–Trinajstić information content (AvgIpc) is 2.32. The van der Waals surface area contributed by atoms with Crippen LogP contribution < -0.4 is 5.32 Å². The first-order chi connectivity index (χ1) is 8.18. The molecule has 0 saturated carbocycles. The van der Waals surface area contributed by atoms with Gasteiger partial charge in [0, 0.05) is 3.57 Å². The Morgan fingerprint density at radius 2 is 1.71 bits per heavy atom. The van der Waals surface area contributed by atoms with E-state index >= 15 is 0 Å². The summed E-state index contributed by atoms with van der Waals surface area (Å²) in [6, 6.07) is 14.6. The Morgan fingerprint density at radius 3 is 2.41 bits per heavy atom. The van der Waals surface area contributed by atoms with Gasteiger partial charge in [-0.3, -0.25) is 4.79 Å². The number of carbonyl (C=O) groups is 1.